The van der Waals surface area contributed by atoms with Crippen molar-refractivity contribution in [2.24, 2.45) is 0 Å². The van der Waals surface area contributed by atoms with Gasteiger partial charge in [-0.15, -0.1) is 0 Å². The standard InChI is InChI=1S/C10H16BrNO/c1-12(6-3-2-5-11)8-10-4-7-13-9-10/h4,7,9H,2-3,5-6,8H2,1H3. The number of hydrogen-bond acceptors (Lipinski definition) is 2. The molecule has 1 heterocycles. The molecule has 0 N–H and O–H groups in total. The van der Waals surface area contributed by atoms with Crippen LogP contribution >= 0.6 is 15.9 Å². The van der Waals surface area contributed by atoms with E-state index in [1.165, 1.54) is 18.4 Å². The van der Waals surface area contributed by atoms with Gasteiger partial charge in [-0.1, -0.05) is 15.9 Å². The number of halogens is 1. The molecule has 0 radical (unpaired) electrons. The molecule has 0 saturated carbocycles. The number of hydrogen-bond donors (Lipinski definition) is 0. The van der Waals surface area contributed by atoms with E-state index in [4.69, 9.17) is 4.42 Å². The molecule has 3 heteroatoms. The van der Waals surface area contributed by atoms with E-state index in [-0.39, 0.29) is 0 Å². The molecular formula is C10H16BrNO. The van der Waals surface area contributed by atoms with E-state index in [1.807, 2.05) is 6.07 Å². The maximum Gasteiger partial charge on any atom is 0.0947 e. The van der Waals surface area contributed by atoms with E-state index >= 15 is 0 Å². The van der Waals surface area contributed by atoms with Gasteiger partial charge in [-0.05, 0) is 32.5 Å². The Morgan fingerprint density at radius 1 is 1.46 bits per heavy atom. The summed E-state index contributed by atoms with van der Waals surface area (Å²) in [4.78, 5) is 2.31. The number of nitrogens with zero attached hydrogens (tertiary/aromatic N) is 1. The molecule has 0 aliphatic rings. The average Bonchev–Trinajstić information content (AvgIpc) is 2.57. The first-order chi connectivity index (χ1) is 6.33. The minimum atomic E-state index is 0.985. The molecule has 0 fully saturated rings. The zero-order valence-corrected chi connectivity index (χ0v) is 9.59. The van der Waals surface area contributed by atoms with Gasteiger partial charge in [-0.3, -0.25) is 0 Å². The molecule has 1 aromatic heterocycles. The number of rotatable bonds is 6. The first kappa shape index (κ1) is 10.8. The van der Waals surface area contributed by atoms with Crippen molar-refractivity contribution in [3.63, 3.8) is 0 Å². The number of alkyl halides is 1. The Bertz CT molecular complexity index is 211. The van der Waals surface area contributed by atoms with Crippen molar-refractivity contribution in [3.05, 3.63) is 24.2 Å². The van der Waals surface area contributed by atoms with Crippen LogP contribution in [0, 0.1) is 0 Å². The third-order valence-corrected chi connectivity index (χ3v) is 2.52. The molecule has 0 aliphatic carbocycles. The summed E-state index contributed by atoms with van der Waals surface area (Å²) < 4.78 is 5.01. The van der Waals surface area contributed by atoms with Crippen LogP contribution in [0.4, 0.5) is 0 Å². The van der Waals surface area contributed by atoms with E-state index in [9.17, 15) is 0 Å². The Labute approximate surface area is 88.0 Å². The maximum atomic E-state index is 5.01. The van der Waals surface area contributed by atoms with Crippen LogP contribution in [-0.2, 0) is 6.54 Å². The van der Waals surface area contributed by atoms with Crippen molar-refractivity contribution in [1.29, 1.82) is 0 Å². The highest BCUT2D eigenvalue weighted by Gasteiger charge is 2.00. The molecule has 0 bridgehead atoms. The third-order valence-electron chi connectivity index (χ3n) is 1.96. The Hall–Kier alpha value is -0.280. The summed E-state index contributed by atoms with van der Waals surface area (Å²) in [5, 5.41) is 1.10. The molecule has 13 heavy (non-hydrogen) atoms. The van der Waals surface area contributed by atoms with Crippen molar-refractivity contribution in [3.8, 4) is 0 Å². The van der Waals surface area contributed by atoms with Crippen molar-refractivity contribution in [2.45, 2.75) is 19.4 Å². The zero-order chi connectivity index (χ0) is 9.52. The lowest BCUT2D eigenvalue weighted by Crippen LogP contribution is -2.18. The van der Waals surface area contributed by atoms with Crippen LogP contribution in [0.3, 0.4) is 0 Å². The second-order valence-electron chi connectivity index (χ2n) is 3.27. The Balaban J connectivity index is 2.14. The Kier molecular flexibility index (Phi) is 5.16. The van der Waals surface area contributed by atoms with Gasteiger partial charge in [0.05, 0.1) is 12.5 Å². The molecule has 0 aliphatic heterocycles. The smallest absolute Gasteiger partial charge is 0.0947 e. The molecular weight excluding hydrogens is 230 g/mol. The Morgan fingerprint density at radius 3 is 2.92 bits per heavy atom. The summed E-state index contributed by atoms with van der Waals surface area (Å²) in [6.45, 7) is 2.13. The average molecular weight is 246 g/mol. The van der Waals surface area contributed by atoms with Gasteiger partial charge in [0.2, 0.25) is 0 Å². The molecule has 2 nitrogen and oxygen atoms in total. The molecule has 0 aromatic carbocycles. The fraction of sp³-hybridized carbons (Fsp3) is 0.600. The first-order valence-corrected chi connectivity index (χ1v) is 5.70. The van der Waals surface area contributed by atoms with Crippen molar-refractivity contribution >= 4 is 15.9 Å². The van der Waals surface area contributed by atoms with Gasteiger partial charge in [0.1, 0.15) is 0 Å². The fourth-order valence-electron chi connectivity index (χ4n) is 1.25. The van der Waals surface area contributed by atoms with Gasteiger partial charge in [0.25, 0.3) is 0 Å². The molecule has 0 unspecified atom stereocenters. The van der Waals surface area contributed by atoms with Crippen LogP contribution in [0.15, 0.2) is 23.0 Å². The molecule has 0 amide bonds. The highest BCUT2D eigenvalue weighted by molar-refractivity contribution is 9.09. The van der Waals surface area contributed by atoms with Gasteiger partial charge in [-0.2, -0.15) is 0 Å². The topological polar surface area (TPSA) is 16.4 Å². The van der Waals surface area contributed by atoms with E-state index in [0.717, 1.165) is 18.4 Å². The predicted octanol–water partition coefficient (Wildman–Crippen LogP) is 2.89. The Morgan fingerprint density at radius 2 is 2.31 bits per heavy atom. The quantitative estimate of drug-likeness (QED) is 0.566. The predicted molar refractivity (Wildman–Crippen MR) is 58.1 cm³/mol. The molecule has 1 rings (SSSR count). The molecule has 1 aromatic rings. The lowest BCUT2D eigenvalue weighted by Gasteiger charge is -2.14. The SMILES string of the molecule is CN(CCCCBr)Cc1ccoc1. The lowest BCUT2D eigenvalue weighted by atomic mass is 10.3. The van der Waals surface area contributed by atoms with Gasteiger partial charge >= 0.3 is 0 Å². The summed E-state index contributed by atoms with van der Waals surface area (Å²) in [7, 11) is 2.14. The summed E-state index contributed by atoms with van der Waals surface area (Å²) in [6.07, 6.45) is 6.03. The number of unbranched alkanes of at least 4 members (excludes halogenated alkanes) is 1. The normalized spacial score (nSPS) is 11.0. The van der Waals surface area contributed by atoms with Crippen LogP contribution in [0.1, 0.15) is 18.4 Å². The van der Waals surface area contributed by atoms with E-state index in [2.05, 4.69) is 27.9 Å². The fourth-order valence-corrected chi connectivity index (χ4v) is 1.65. The summed E-state index contributed by atoms with van der Waals surface area (Å²) >= 11 is 3.43. The van der Waals surface area contributed by atoms with Gasteiger partial charge in [0, 0.05) is 17.4 Å². The monoisotopic (exact) mass is 245 g/mol. The van der Waals surface area contributed by atoms with Gasteiger partial charge in [0.15, 0.2) is 0 Å². The van der Waals surface area contributed by atoms with E-state index in [0.29, 0.717) is 0 Å². The maximum absolute atomic E-state index is 5.01. The molecule has 74 valence electrons. The minimum Gasteiger partial charge on any atom is -0.472 e. The van der Waals surface area contributed by atoms with Crippen molar-refractivity contribution in [2.75, 3.05) is 18.9 Å². The summed E-state index contributed by atoms with van der Waals surface area (Å²) in [5.41, 5.74) is 1.25. The largest absolute Gasteiger partial charge is 0.472 e. The number of furan rings is 1. The van der Waals surface area contributed by atoms with Gasteiger partial charge in [-0.25, -0.2) is 0 Å². The van der Waals surface area contributed by atoms with E-state index < -0.39 is 0 Å². The summed E-state index contributed by atoms with van der Waals surface area (Å²) in [6, 6.07) is 2.01. The minimum absolute atomic E-state index is 0.985. The second-order valence-corrected chi connectivity index (χ2v) is 4.06. The molecule has 0 spiro atoms. The van der Waals surface area contributed by atoms with E-state index in [1.54, 1.807) is 12.5 Å². The van der Waals surface area contributed by atoms with Crippen molar-refractivity contribution < 1.29 is 4.42 Å². The molecule has 0 atom stereocenters. The highest BCUT2D eigenvalue weighted by atomic mass is 79.9. The summed E-state index contributed by atoms with van der Waals surface area (Å²) in [5.74, 6) is 0. The van der Waals surface area contributed by atoms with Crippen LogP contribution in [0.2, 0.25) is 0 Å². The van der Waals surface area contributed by atoms with Crippen molar-refractivity contribution in [1.82, 2.24) is 4.90 Å². The second kappa shape index (κ2) is 6.22. The van der Waals surface area contributed by atoms with Crippen LogP contribution in [0.25, 0.3) is 0 Å². The van der Waals surface area contributed by atoms with Crippen LogP contribution in [0.5, 0.6) is 0 Å². The highest BCUT2D eigenvalue weighted by Crippen LogP contribution is 2.04. The van der Waals surface area contributed by atoms with Crippen LogP contribution in [-0.4, -0.2) is 23.8 Å². The van der Waals surface area contributed by atoms with Crippen LogP contribution < -0.4 is 0 Å². The third kappa shape index (κ3) is 4.48. The lowest BCUT2D eigenvalue weighted by molar-refractivity contribution is 0.320. The first-order valence-electron chi connectivity index (χ1n) is 4.58. The molecule has 0 saturated heterocycles. The van der Waals surface area contributed by atoms with Gasteiger partial charge < -0.3 is 9.32 Å². The zero-order valence-electron chi connectivity index (χ0n) is 8.00.